The predicted molar refractivity (Wildman–Crippen MR) is 248 cm³/mol. The molecule has 0 N–H and O–H groups in total. The Bertz CT molecular complexity index is 3750. The summed E-state index contributed by atoms with van der Waals surface area (Å²) in [7, 11) is 0. The molecule has 0 spiro atoms. The van der Waals surface area contributed by atoms with Crippen LogP contribution in [0.2, 0.25) is 0 Å². The van der Waals surface area contributed by atoms with Crippen molar-refractivity contribution in [3.05, 3.63) is 200 Å². The van der Waals surface area contributed by atoms with Crippen molar-refractivity contribution in [3.63, 3.8) is 0 Å². The minimum atomic E-state index is 1.14. The van der Waals surface area contributed by atoms with Crippen LogP contribution in [0.4, 0.5) is 0 Å². The Morgan fingerprint density at radius 1 is 0.310 bits per heavy atom. The van der Waals surface area contributed by atoms with E-state index in [2.05, 4.69) is 214 Å². The molecule has 0 saturated carbocycles. The van der Waals surface area contributed by atoms with Crippen molar-refractivity contribution < 1.29 is 0 Å². The van der Waals surface area contributed by atoms with Gasteiger partial charge in [-0.25, -0.2) is 0 Å². The molecule has 0 aliphatic rings. The topological polar surface area (TPSA) is 14.8 Å². The fourth-order valence-electron chi connectivity index (χ4n) is 9.80. The van der Waals surface area contributed by atoms with Crippen molar-refractivity contribution in [2.24, 2.45) is 0 Å². The summed E-state index contributed by atoms with van der Waals surface area (Å²) >= 11 is 1.89. The zero-order valence-corrected chi connectivity index (χ0v) is 32.1. The molecule has 0 amide bonds. The van der Waals surface area contributed by atoms with Gasteiger partial charge in [-0.1, -0.05) is 133 Å². The van der Waals surface area contributed by atoms with Gasteiger partial charge in [0.05, 0.1) is 38.8 Å². The number of nitrogens with zero attached hydrogens (tertiary/aromatic N) is 3. The molecular formula is C54H33N3S. The Labute approximate surface area is 337 Å². The molecule has 270 valence electrons. The number of aromatic nitrogens is 3. The number of fused-ring (bicyclic) bond motifs is 12. The largest absolute Gasteiger partial charge is 0.309 e. The molecule has 0 aliphatic carbocycles. The molecule has 13 rings (SSSR count). The van der Waals surface area contributed by atoms with Crippen LogP contribution in [-0.2, 0) is 0 Å². The van der Waals surface area contributed by atoms with E-state index in [0.29, 0.717) is 0 Å². The first-order valence-corrected chi connectivity index (χ1v) is 20.7. The SMILES string of the molecule is c1ccc(-c2cccc3c2sc2cccc(-n4c5ccccc5c5ccc(-n6c7ccccc7c7cc(-n8c9ccccc9c9ccccc98)ccc76)cc54)c23)cc1. The Kier molecular flexibility index (Phi) is 6.60. The van der Waals surface area contributed by atoms with E-state index in [1.54, 1.807) is 0 Å². The van der Waals surface area contributed by atoms with Crippen LogP contribution >= 0.6 is 11.3 Å². The van der Waals surface area contributed by atoms with Crippen molar-refractivity contribution in [3.8, 4) is 28.2 Å². The molecule has 0 atom stereocenters. The van der Waals surface area contributed by atoms with Gasteiger partial charge in [-0.15, -0.1) is 11.3 Å². The third kappa shape index (κ3) is 4.38. The lowest BCUT2D eigenvalue weighted by Gasteiger charge is -2.13. The number of rotatable bonds is 4. The molecule has 0 aliphatic heterocycles. The molecule has 4 heteroatoms. The summed E-state index contributed by atoms with van der Waals surface area (Å²) in [6, 6.07) is 73.6. The van der Waals surface area contributed by atoms with Crippen LogP contribution in [0, 0.1) is 0 Å². The zero-order valence-electron chi connectivity index (χ0n) is 31.3. The fourth-order valence-corrected chi connectivity index (χ4v) is 11.1. The summed E-state index contributed by atoms with van der Waals surface area (Å²) in [5, 5.41) is 10.1. The summed E-state index contributed by atoms with van der Waals surface area (Å²) in [4.78, 5) is 0. The van der Waals surface area contributed by atoms with Gasteiger partial charge in [0.25, 0.3) is 0 Å². The van der Waals surface area contributed by atoms with Crippen LogP contribution in [-0.4, -0.2) is 13.7 Å². The van der Waals surface area contributed by atoms with Gasteiger partial charge in [0, 0.05) is 63.9 Å². The first-order valence-electron chi connectivity index (χ1n) is 19.9. The smallest absolute Gasteiger partial charge is 0.0562 e. The zero-order chi connectivity index (χ0) is 37.9. The summed E-state index contributed by atoms with van der Waals surface area (Å²) < 4.78 is 9.99. The van der Waals surface area contributed by atoms with E-state index in [-0.39, 0.29) is 0 Å². The van der Waals surface area contributed by atoms with Crippen LogP contribution in [0.5, 0.6) is 0 Å². The maximum atomic E-state index is 2.51. The number of hydrogen-bond donors (Lipinski definition) is 0. The molecule has 58 heavy (non-hydrogen) atoms. The van der Waals surface area contributed by atoms with E-state index in [4.69, 9.17) is 0 Å². The van der Waals surface area contributed by atoms with Gasteiger partial charge in [-0.3, -0.25) is 0 Å². The van der Waals surface area contributed by atoms with Crippen LogP contribution < -0.4 is 0 Å². The Morgan fingerprint density at radius 2 is 0.810 bits per heavy atom. The molecule has 0 fully saturated rings. The van der Waals surface area contributed by atoms with Gasteiger partial charge in [0.1, 0.15) is 0 Å². The number of hydrogen-bond acceptors (Lipinski definition) is 1. The highest BCUT2D eigenvalue weighted by atomic mass is 32.1. The first kappa shape index (κ1) is 31.8. The van der Waals surface area contributed by atoms with Gasteiger partial charge in [-0.05, 0) is 77.9 Å². The lowest BCUT2D eigenvalue weighted by atomic mass is 10.0. The van der Waals surface area contributed by atoms with Crippen molar-refractivity contribution in [1.82, 2.24) is 13.7 Å². The standard InChI is InChI=1S/C54H33N3S/c1-2-14-34(15-3-1)37-20-12-21-43-53-50(26-13-27-52(53)58-54(37)43)57-48-25-11-6-18-40(48)42-30-28-36(33-51(42)57)56-47-24-10-7-19-41(47)44-32-35(29-31-49(44)56)55-45-22-8-4-16-38(45)39-17-5-9-23-46(39)55/h1-33H. The molecule has 13 aromatic rings. The van der Waals surface area contributed by atoms with Crippen LogP contribution in [0.3, 0.4) is 0 Å². The Balaban J connectivity index is 1.06. The summed E-state index contributed by atoms with van der Waals surface area (Å²) in [6.07, 6.45) is 0. The highest BCUT2D eigenvalue weighted by Crippen LogP contribution is 2.45. The average molecular weight is 756 g/mol. The van der Waals surface area contributed by atoms with E-state index in [0.717, 1.165) is 11.4 Å². The second-order valence-corrected chi connectivity index (χ2v) is 16.3. The lowest BCUT2D eigenvalue weighted by molar-refractivity contribution is 1.16. The second kappa shape index (κ2) is 12.1. The Hall–Kier alpha value is -7.40. The van der Waals surface area contributed by atoms with Crippen molar-refractivity contribution in [2.45, 2.75) is 0 Å². The van der Waals surface area contributed by atoms with E-state index in [1.807, 2.05) is 11.3 Å². The van der Waals surface area contributed by atoms with Crippen molar-refractivity contribution in [2.75, 3.05) is 0 Å². The lowest BCUT2D eigenvalue weighted by Crippen LogP contribution is -1.98. The van der Waals surface area contributed by atoms with Crippen molar-refractivity contribution in [1.29, 1.82) is 0 Å². The minimum absolute atomic E-state index is 1.14. The van der Waals surface area contributed by atoms with Gasteiger partial charge < -0.3 is 13.7 Å². The molecule has 0 radical (unpaired) electrons. The van der Waals surface area contributed by atoms with E-state index in [9.17, 15) is 0 Å². The second-order valence-electron chi connectivity index (χ2n) is 15.3. The highest BCUT2D eigenvalue weighted by Gasteiger charge is 2.21. The molecule has 3 nitrogen and oxygen atoms in total. The predicted octanol–water partition coefficient (Wildman–Crippen LogP) is 15.0. The summed E-state index contributed by atoms with van der Waals surface area (Å²) in [5.41, 5.74) is 13.2. The molecular weight excluding hydrogens is 723 g/mol. The molecule has 4 heterocycles. The normalized spacial score (nSPS) is 12.1. The molecule has 0 unspecified atom stereocenters. The maximum absolute atomic E-state index is 2.51. The molecule has 9 aromatic carbocycles. The molecule has 0 saturated heterocycles. The van der Waals surface area contributed by atoms with E-state index < -0.39 is 0 Å². The quantitative estimate of drug-likeness (QED) is 0.170. The average Bonchev–Trinajstić information content (AvgIpc) is 4.03. The van der Waals surface area contributed by atoms with Gasteiger partial charge in [-0.2, -0.15) is 0 Å². The number of thiophene rings is 1. The third-order valence-corrected chi connectivity index (χ3v) is 13.4. The van der Waals surface area contributed by atoms with Crippen LogP contribution in [0.1, 0.15) is 0 Å². The maximum Gasteiger partial charge on any atom is 0.0562 e. The summed E-state index contributed by atoms with van der Waals surface area (Å²) in [5.74, 6) is 0. The Morgan fingerprint density at radius 3 is 1.48 bits per heavy atom. The van der Waals surface area contributed by atoms with Crippen LogP contribution in [0.25, 0.3) is 114 Å². The molecule has 0 bridgehead atoms. The summed E-state index contributed by atoms with van der Waals surface area (Å²) in [6.45, 7) is 0. The third-order valence-electron chi connectivity index (χ3n) is 12.2. The monoisotopic (exact) mass is 755 g/mol. The van der Waals surface area contributed by atoms with Gasteiger partial charge >= 0.3 is 0 Å². The highest BCUT2D eigenvalue weighted by molar-refractivity contribution is 7.26. The van der Waals surface area contributed by atoms with E-state index >= 15 is 0 Å². The van der Waals surface area contributed by atoms with Crippen molar-refractivity contribution >= 4 is 96.9 Å². The molecule has 4 aromatic heterocycles. The number of benzene rings is 9. The fraction of sp³-hybridized carbons (Fsp3) is 0. The van der Waals surface area contributed by atoms with Crippen LogP contribution in [0.15, 0.2) is 200 Å². The van der Waals surface area contributed by atoms with Gasteiger partial charge in [0.2, 0.25) is 0 Å². The van der Waals surface area contributed by atoms with E-state index in [1.165, 1.54) is 102 Å². The number of para-hydroxylation sites is 4. The van der Waals surface area contributed by atoms with Gasteiger partial charge in [0.15, 0.2) is 0 Å². The first-order chi connectivity index (χ1) is 28.8. The minimum Gasteiger partial charge on any atom is -0.309 e.